The van der Waals surface area contributed by atoms with Gasteiger partial charge in [-0.3, -0.25) is 0 Å². The fourth-order valence-electron chi connectivity index (χ4n) is 4.07. The van der Waals surface area contributed by atoms with Gasteiger partial charge in [0.25, 0.3) is 0 Å². The minimum Gasteiger partial charge on any atom is -0.330 e. The molecule has 1 aliphatic heterocycles. The van der Waals surface area contributed by atoms with E-state index in [1.807, 2.05) is 12.1 Å². The summed E-state index contributed by atoms with van der Waals surface area (Å²) in [6.07, 6.45) is 3.19. The van der Waals surface area contributed by atoms with E-state index in [0.717, 1.165) is 47.2 Å². The Balaban J connectivity index is 1.70. The molecule has 2 aromatic carbocycles. The van der Waals surface area contributed by atoms with Crippen LogP contribution in [0.2, 0.25) is 0 Å². The molecule has 1 saturated heterocycles. The van der Waals surface area contributed by atoms with Crippen molar-refractivity contribution < 1.29 is 0 Å². The summed E-state index contributed by atoms with van der Waals surface area (Å²) in [6, 6.07) is 19.2. The first-order valence-electron chi connectivity index (χ1n) is 9.92. The highest BCUT2D eigenvalue weighted by Gasteiger charge is 2.16. The van der Waals surface area contributed by atoms with Gasteiger partial charge in [-0.05, 0) is 68.1 Å². The second-order valence-corrected chi connectivity index (χ2v) is 7.44. The van der Waals surface area contributed by atoms with Gasteiger partial charge in [0.15, 0.2) is 0 Å². The van der Waals surface area contributed by atoms with Crippen LogP contribution in [0.3, 0.4) is 0 Å². The van der Waals surface area contributed by atoms with E-state index in [2.05, 4.69) is 47.8 Å². The molecule has 4 nitrogen and oxygen atoms in total. The molecule has 140 valence electrons. The molecule has 0 saturated carbocycles. The first kappa shape index (κ1) is 18.1. The second-order valence-electron chi connectivity index (χ2n) is 7.44. The standard InChI is InChI=1S/C23H28N4/c24-12-9-21(25)20-15-23(27-22-4-2-1-3-19(20)22)18-7-5-16(6-8-18)17-10-13-26-14-11-17/h1-8,15,17,21,26H,9-14,24-25H2. The quantitative estimate of drug-likeness (QED) is 0.648. The molecule has 3 aromatic rings. The van der Waals surface area contributed by atoms with Gasteiger partial charge in [0.05, 0.1) is 11.2 Å². The second kappa shape index (κ2) is 8.17. The van der Waals surface area contributed by atoms with Crippen LogP contribution >= 0.6 is 0 Å². The third kappa shape index (κ3) is 3.88. The first-order chi connectivity index (χ1) is 13.3. The summed E-state index contributed by atoms with van der Waals surface area (Å²) in [4.78, 5) is 4.89. The Kier molecular flexibility index (Phi) is 5.48. The molecule has 1 aliphatic rings. The van der Waals surface area contributed by atoms with E-state index in [9.17, 15) is 0 Å². The molecule has 27 heavy (non-hydrogen) atoms. The number of fused-ring (bicyclic) bond motifs is 1. The highest BCUT2D eigenvalue weighted by molar-refractivity contribution is 5.85. The summed E-state index contributed by atoms with van der Waals surface area (Å²) in [6.45, 7) is 2.81. The van der Waals surface area contributed by atoms with E-state index in [1.165, 1.54) is 18.4 Å². The Morgan fingerprint density at radius 1 is 1.04 bits per heavy atom. The minimum absolute atomic E-state index is 0.0735. The van der Waals surface area contributed by atoms with Crippen LogP contribution in [-0.2, 0) is 0 Å². The van der Waals surface area contributed by atoms with Gasteiger partial charge in [-0.25, -0.2) is 4.98 Å². The van der Waals surface area contributed by atoms with Crippen molar-refractivity contribution in [3.63, 3.8) is 0 Å². The summed E-state index contributed by atoms with van der Waals surface area (Å²) in [7, 11) is 0. The van der Waals surface area contributed by atoms with E-state index in [1.54, 1.807) is 0 Å². The lowest BCUT2D eigenvalue weighted by Crippen LogP contribution is -2.26. The van der Waals surface area contributed by atoms with Crippen molar-refractivity contribution in [3.05, 3.63) is 65.7 Å². The topological polar surface area (TPSA) is 77.0 Å². The lowest BCUT2D eigenvalue weighted by Gasteiger charge is -2.23. The zero-order valence-corrected chi connectivity index (χ0v) is 15.7. The van der Waals surface area contributed by atoms with Crippen molar-refractivity contribution >= 4 is 10.9 Å². The Labute approximate surface area is 161 Å². The van der Waals surface area contributed by atoms with Gasteiger partial charge in [0, 0.05) is 17.0 Å². The number of aromatic nitrogens is 1. The number of pyridine rings is 1. The van der Waals surface area contributed by atoms with Gasteiger partial charge in [-0.2, -0.15) is 0 Å². The molecule has 1 fully saturated rings. The van der Waals surface area contributed by atoms with E-state index in [-0.39, 0.29) is 6.04 Å². The number of hydrogen-bond donors (Lipinski definition) is 3. The fourth-order valence-corrected chi connectivity index (χ4v) is 4.07. The maximum absolute atomic E-state index is 6.43. The van der Waals surface area contributed by atoms with Crippen molar-refractivity contribution in [2.24, 2.45) is 11.5 Å². The van der Waals surface area contributed by atoms with Gasteiger partial charge < -0.3 is 16.8 Å². The zero-order chi connectivity index (χ0) is 18.6. The largest absolute Gasteiger partial charge is 0.330 e. The van der Waals surface area contributed by atoms with Gasteiger partial charge in [-0.15, -0.1) is 0 Å². The third-order valence-electron chi connectivity index (χ3n) is 5.64. The molecule has 1 unspecified atom stereocenters. The number of para-hydroxylation sites is 1. The SMILES string of the molecule is NCCC(N)c1cc(-c2ccc(C3CCNCC3)cc2)nc2ccccc12. The number of piperidine rings is 1. The Bertz CT molecular complexity index is 898. The smallest absolute Gasteiger partial charge is 0.0713 e. The zero-order valence-electron chi connectivity index (χ0n) is 15.7. The summed E-state index contributed by atoms with van der Waals surface area (Å²) >= 11 is 0. The summed E-state index contributed by atoms with van der Waals surface area (Å²) < 4.78 is 0. The van der Waals surface area contributed by atoms with E-state index in [4.69, 9.17) is 16.5 Å². The number of nitrogens with zero attached hydrogens (tertiary/aromatic N) is 1. The molecule has 1 aromatic heterocycles. The molecule has 0 bridgehead atoms. The molecule has 1 atom stereocenters. The molecular formula is C23H28N4. The Morgan fingerprint density at radius 3 is 2.52 bits per heavy atom. The van der Waals surface area contributed by atoms with Crippen LogP contribution in [-0.4, -0.2) is 24.6 Å². The van der Waals surface area contributed by atoms with Crippen LogP contribution in [0.4, 0.5) is 0 Å². The average Bonchev–Trinajstić information content (AvgIpc) is 2.74. The molecule has 4 heteroatoms. The molecule has 0 radical (unpaired) electrons. The van der Waals surface area contributed by atoms with Crippen LogP contribution in [0.1, 0.15) is 42.3 Å². The van der Waals surface area contributed by atoms with Crippen molar-refractivity contribution in [1.29, 1.82) is 0 Å². The average molecular weight is 361 g/mol. The summed E-state index contributed by atoms with van der Waals surface area (Å²) in [5, 5.41) is 4.55. The molecule has 0 amide bonds. The van der Waals surface area contributed by atoms with Gasteiger partial charge in [0.1, 0.15) is 0 Å². The van der Waals surface area contributed by atoms with E-state index >= 15 is 0 Å². The number of rotatable bonds is 5. The lowest BCUT2D eigenvalue weighted by molar-refractivity contribution is 0.460. The van der Waals surface area contributed by atoms with Crippen molar-refractivity contribution in [2.45, 2.75) is 31.2 Å². The van der Waals surface area contributed by atoms with Gasteiger partial charge in [0.2, 0.25) is 0 Å². The maximum atomic E-state index is 6.43. The van der Waals surface area contributed by atoms with Crippen molar-refractivity contribution in [3.8, 4) is 11.3 Å². The van der Waals surface area contributed by atoms with Gasteiger partial charge >= 0.3 is 0 Å². The Hall–Kier alpha value is -2.27. The minimum atomic E-state index is -0.0735. The molecular weight excluding hydrogens is 332 g/mol. The van der Waals surface area contributed by atoms with Crippen molar-refractivity contribution in [1.82, 2.24) is 10.3 Å². The van der Waals surface area contributed by atoms with Crippen LogP contribution in [0.15, 0.2) is 54.6 Å². The normalized spacial score (nSPS) is 16.5. The molecule has 4 rings (SSSR count). The van der Waals surface area contributed by atoms with E-state index in [0.29, 0.717) is 12.5 Å². The van der Waals surface area contributed by atoms with Gasteiger partial charge in [-0.1, -0.05) is 42.5 Å². The molecule has 0 spiro atoms. The number of nitrogens with one attached hydrogen (secondary N) is 1. The molecule has 0 aliphatic carbocycles. The highest BCUT2D eigenvalue weighted by atomic mass is 14.9. The molecule has 2 heterocycles. The van der Waals surface area contributed by atoms with Crippen LogP contribution in [0.5, 0.6) is 0 Å². The number of hydrogen-bond acceptors (Lipinski definition) is 4. The van der Waals surface area contributed by atoms with Crippen LogP contribution < -0.4 is 16.8 Å². The van der Waals surface area contributed by atoms with Crippen LogP contribution in [0, 0.1) is 0 Å². The van der Waals surface area contributed by atoms with E-state index < -0.39 is 0 Å². The maximum Gasteiger partial charge on any atom is 0.0713 e. The first-order valence-corrected chi connectivity index (χ1v) is 9.92. The third-order valence-corrected chi connectivity index (χ3v) is 5.64. The predicted octanol–water partition coefficient (Wildman–Crippen LogP) is 3.72. The summed E-state index contributed by atoms with van der Waals surface area (Å²) in [5.41, 5.74) is 17.8. The monoisotopic (exact) mass is 360 g/mol. The lowest BCUT2D eigenvalue weighted by atomic mass is 9.89. The summed E-state index contributed by atoms with van der Waals surface area (Å²) in [5.74, 6) is 0.665. The van der Waals surface area contributed by atoms with Crippen LogP contribution in [0.25, 0.3) is 22.2 Å². The highest BCUT2D eigenvalue weighted by Crippen LogP contribution is 2.31. The fraction of sp³-hybridized carbons (Fsp3) is 0.348. The number of nitrogens with two attached hydrogens (primary N) is 2. The molecule has 5 N–H and O–H groups in total. The number of benzene rings is 2. The Morgan fingerprint density at radius 2 is 1.78 bits per heavy atom. The predicted molar refractivity (Wildman–Crippen MR) is 113 cm³/mol. The van der Waals surface area contributed by atoms with Crippen molar-refractivity contribution in [2.75, 3.05) is 19.6 Å².